The van der Waals surface area contributed by atoms with Gasteiger partial charge in [-0.05, 0) is 58.7 Å². The lowest BCUT2D eigenvalue weighted by molar-refractivity contribution is 0.263. The van der Waals surface area contributed by atoms with E-state index in [9.17, 15) is 15.3 Å². The molecule has 0 fully saturated rings. The Hall–Kier alpha value is -3.05. The van der Waals surface area contributed by atoms with Gasteiger partial charge in [0.2, 0.25) is 0 Å². The summed E-state index contributed by atoms with van der Waals surface area (Å²) in [6, 6.07) is 4.76. The molecule has 0 spiro atoms. The zero-order valence-corrected chi connectivity index (χ0v) is 19.8. The maximum Gasteiger partial charge on any atom is 0.172 e. The Bertz CT molecular complexity index is 1130. The van der Waals surface area contributed by atoms with Crippen LogP contribution in [-0.4, -0.2) is 22.4 Å². The van der Waals surface area contributed by atoms with Crippen molar-refractivity contribution in [2.45, 2.75) is 47.0 Å². The molecule has 1 aliphatic heterocycles. The Balaban J connectivity index is 2.21. The second-order valence-electron chi connectivity index (χ2n) is 8.33. The monoisotopic (exact) mass is 456 g/mol. The van der Waals surface area contributed by atoms with Crippen molar-refractivity contribution in [3.05, 3.63) is 74.5 Å². The van der Waals surface area contributed by atoms with Crippen molar-refractivity contribution in [3.63, 3.8) is 0 Å². The van der Waals surface area contributed by atoms with Gasteiger partial charge < -0.3 is 24.8 Å². The fourth-order valence-electron chi connectivity index (χ4n) is 3.59. The average molecular weight is 457 g/mol. The van der Waals surface area contributed by atoms with Crippen LogP contribution in [0, 0.1) is 0 Å². The lowest BCUT2D eigenvalue weighted by Gasteiger charge is -2.27. The van der Waals surface area contributed by atoms with Crippen LogP contribution >= 0.6 is 11.6 Å². The normalized spacial score (nSPS) is 12.7. The smallest absolute Gasteiger partial charge is 0.172 e. The predicted molar refractivity (Wildman–Crippen MR) is 127 cm³/mol. The van der Waals surface area contributed by atoms with Crippen molar-refractivity contribution in [3.8, 4) is 23.0 Å². The van der Waals surface area contributed by atoms with E-state index in [1.165, 1.54) is 13.2 Å². The highest BCUT2D eigenvalue weighted by Gasteiger charge is 2.31. The van der Waals surface area contributed by atoms with Gasteiger partial charge in [-0.2, -0.15) is 0 Å². The number of aromatic hydroxyl groups is 3. The molecule has 1 aliphatic rings. The molecule has 0 saturated heterocycles. The molecule has 32 heavy (non-hydrogen) atoms. The van der Waals surface area contributed by atoms with E-state index in [1.807, 2.05) is 39.8 Å². The summed E-state index contributed by atoms with van der Waals surface area (Å²) in [7, 11) is 1.54. The van der Waals surface area contributed by atoms with Crippen molar-refractivity contribution in [2.75, 3.05) is 7.11 Å². The number of benzene rings is 2. The maximum atomic E-state index is 11.1. The van der Waals surface area contributed by atoms with Crippen LogP contribution in [0.2, 0.25) is 5.02 Å². The van der Waals surface area contributed by atoms with E-state index >= 15 is 0 Å². The summed E-state index contributed by atoms with van der Waals surface area (Å²) in [6.07, 6.45) is 5.11. The first-order chi connectivity index (χ1) is 15.1. The molecule has 2 aromatic carbocycles. The lowest BCUT2D eigenvalue weighted by Crippen LogP contribution is -2.14. The molecule has 0 saturated carbocycles. The standard InChI is InChI=1S/C26H29ClO5/c1-14(2)6-9-17-23(29)18(10-7-15(3)4)26-19(24(17)30)13-22(31-5)25(32-26)16-8-11-21(28)20(27)12-16/h6-8,11-12,28-30H,9-10,13H2,1-5H3. The van der Waals surface area contributed by atoms with Gasteiger partial charge in [0.25, 0.3) is 0 Å². The number of ether oxygens (including phenoxy) is 2. The van der Waals surface area contributed by atoms with Crippen molar-refractivity contribution in [1.82, 2.24) is 0 Å². The third-order valence-corrected chi connectivity index (χ3v) is 5.67. The summed E-state index contributed by atoms with van der Waals surface area (Å²) in [5.74, 6) is 1.36. The number of phenolic OH excluding ortho intramolecular Hbond substituents is 3. The van der Waals surface area contributed by atoms with Gasteiger partial charge in [0.15, 0.2) is 5.76 Å². The van der Waals surface area contributed by atoms with Gasteiger partial charge >= 0.3 is 0 Å². The van der Waals surface area contributed by atoms with E-state index in [4.69, 9.17) is 21.1 Å². The van der Waals surface area contributed by atoms with Crippen LogP contribution in [-0.2, 0) is 24.0 Å². The van der Waals surface area contributed by atoms with Gasteiger partial charge in [0, 0.05) is 28.7 Å². The molecule has 170 valence electrons. The Morgan fingerprint density at radius 1 is 1.00 bits per heavy atom. The van der Waals surface area contributed by atoms with Crippen LogP contribution in [0.25, 0.3) is 5.76 Å². The topological polar surface area (TPSA) is 79.2 Å². The van der Waals surface area contributed by atoms with Crippen LogP contribution in [0.3, 0.4) is 0 Å². The van der Waals surface area contributed by atoms with Gasteiger partial charge in [0.1, 0.15) is 28.8 Å². The number of hydrogen-bond acceptors (Lipinski definition) is 5. The van der Waals surface area contributed by atoms with E-state index in [-0.39, 0.29) is 28.7 Å². The molecule has 0 aliphatic carbocycles. The zero-order valence-electron chi connectivity index (χ0n) is 19.0. The van der Waals surface area contributed by atoms with Gasteiger partial charge in [-0.3, -0.25) is 0 Å². The summed E-state index contributed by atoms with van der Waals surface area (Å²) in [4.78, 5) is 0. The van der Waals surface area contributed by atoms with E-state index in [2.05, 4.69) is 0 Å². The molecule has 0 atom stereocenters. The molecule has 0 unspecified atom stereocenters. The molecule has 3 rings (SSSR count). The molecule has 6 heteroatoms. The molecular weight excluding hydrogens is 428 g/mol. The second-order valence-corrected chi connectivity index (χ2v) is 8.74. The number of phenols is 3. The minimum Gasteiger partial charge on any atom is -0.507 e. The highest BCUT2D eigenvalue weighted by molar-refractivity contribution is 6.32. The first kappa shape index (κ1) is 23.6. The van der Waals surface area contributed by atoms with E-state index in [0.29, 0.717) is 52.4 Å². The van der Waals surface area contributed by atoms with Crippen LogP contribution in [0.1, 0.15) is 49.9 Å². The number of methoxy groups -OCH3 is 1. The summed E-state index contributed by atoms with van der Waals surface area (Å²) < 4.78 is 11.9. The van der Waals surface area contributed by atoms with Crippen LogP contribution in [0.15, 0.2) is 47.3 Å². The maximum absolute atomic E-state index is 11.1. The predicted octanol–water partition coefficient (Wildman–Crippen LogP) is 6.42. The molecule has 0 radical (unpaired) electrons. The summed E-state index contributed by atoms with van der Waals surface area (Å²) >= 11 is 6.11. The second kappa shape index (κ2) is 9.61. The van der Waals surface area contributed by atoms with Crippen molar-refractivity contribution in [1.29, 1.82) is 0 Å². The fourth-order valence-corrected chi connectivity index (χ4v) is 3.77. The van der Waals surface area contributed by atoms with Crippen molar-refractivity contribution >= 4 is 17.4 Å². The van der Waals surface area contributed by atoms with E-state index in [1.54, 1.807) is 12.1 Å². The quantitative estimate of drug-likeness (QED) is 0.437. The van der Waals surface area contributed by atoms with Crippen LogP contribution < -0.4 is 4.74 Å². The number of halogens is 1. The Morgan fingerprint density at radius 2 is 1.62 bits per heavy atom. The van der Waals surface area contributed by atoms with Crippen LogP contribution in [0.4, 0.5) is 0 Å². The minimum absolute atomic E-state index is 0.00767. The molecule has 0 bridgehead atoms. The Labute approximate surface area is 193 Å². The van der Waals surface area contributed by atoms with Gasteiger partial charge in [-0.15, -0.1) is 0 Å². The van der Waals surface area contributed by atoms with Crippen molar-refractivity contribution in [2.24, 2.45) is 0 Å². The van der Waals surface area contributed by atoms with Crippen LogP contribution in [0.5, 0.6) is 23.0 Å². The number of rotatable bonds is 6. The molecule has 3 N–H and O–H groups in total. The highest BCUT2D eigenvalue weighted by Crippen LogP contribution is 2.49. The molecule has 0 aromatic heterocycles. The van der Waals surface area contributed by atoms with E-state index < -0.39 is 0 Å². The Kier molecular flexibility index (Phi) is 7.09. The van der Waals surface area contributed by atoms with E-state index in [0.717, 1.165) is 11.1 Å². The summed E-state index contributed by atoms with van der Waals surface area (Å²) in [5.41, 5.74) is 4.46. The van der Waals surface area contributed by atoms with Gasteiger partial charge in [-0.1, -0.05) is 34.9 Å². The summed E-state index contributed by atoms with van der Waals surface area (Å²) in [6.45, 7) is 7.92. The minimum atomic E-state index is -0.0327. The number of allylic oxidation sites excluding steroid dienone is 5. The third-order valence-electron chi connectivity index (χ3n) is 5.37. The number of fused-ring (bicyclic) bond motifs is 1. The number of hydrogen-bond donors (Lipinski definition) is 3. The lowest BCUT2D eigenvalue weighted by atomic mass is 9.91. The van der Waals surface area contributed by atoms with Crippen molar-refractivity contribution < 1.29 is 24.8 Å². The average Bonchev–Trinajstić information content (AvgIpc) is 2.74. The fraction of sp³-hybridized carbons (Fsp3) is 0.308. The first-order valence-corrected chi connectivity index (χ1v) is 10.8. The highest BCUT2D eigenvalue weighted by atomic mass is 35.5. The SMILES string of the molecule is COC1=C(c2ccc(O)c(Cl)c2)Oc2c(CC=C(C)C)c(O)c(CC=C(C)C)c(O)c2C1. The summed E-state index contributed by atoms with van der Waals surface area (Å²) in [5, 5.41) is 32.1. The molecular formula is C26H29ClO5. The third kappa shape index (κ3) is 4.73. The molecule has 2 aromatic rings. The molecule has 1 heterocycles. The first-order valence-electron chi connectivity index (χ1n) is 10.4. The van der Waals surface area contributed by atoms with Gasteiger partial charge in [0.05, 0.1) is 12.1 Å². The largest absolute Gasteiger partial charge is 0.507 e. The molecule has 0 amide bonds. The van der Waals surface area contributed by atoms with Gasteiger partial charge in [-0.25, -0.2) is 0 Å². The molecule has 5 nitrogen and oxygen atoms in total. The Morgan fingerprint density at radius 3 is 2.19 bits per heavy atom. The zero-order chi connectivity index (χ0) is 23.6.